The van der Waals surface area contributed by atoms with E-state index in [4.69, 9.17) is 5.73 Å². The molecule has 2 N–H and O–H groups in total. The highest BCUT2D eigenvalue weighted by molar-refractivity contribution is 5.73. The first-order valence-corrected chi connectivity index (χ1v) is 6.11. The Balaban J connectivity index is 2.12. The molecular formula is C15H10F3N3. The molecule has 0 aliphatic heterocycles. The van der Waals surface area contributed by atoms with Crippen LogP contribution in [0.4, 0.5) is 18.9 Å². The summed E-state index contributed by atoms with van der Waals surface area (Å²) in [6.45, 7) is 0. The lowest BCUT2D eigenvalue weighted by atomic mass is 10.1. The summed E-state index contributed by atoms with van der Waals surface area (Å²) in [6.07, 6.45) is 1.43. The molecule has 0 aliphatic carbocycles. The standard InChI is InChI=1S/C15H10F3N3/c16-9-2-1-3-11(6-9)21-8-14(19)15(20-21)12-7-10(17)4-5-13(12)18/h1-8H,19H2. The Labute approximate surface area is 118 Å². The second-order valence-electron chi connectivity index (χ2n) is 4.48. The van der Waals surface area contributed by atoms with Gasteiger partial charge in [0.15, 0.2) is 0 Å². The number of benzene rings is 2. The number of halogens is 3. The SMILES string of the molecule is Nc1cn(-c2cccc(F)c2)nc1-c1cc(F)ccc1F. The Kier molecular flexibility index (Phi) is 3.13. The first kappa shape index (κ1) is 13.2. The van der Waals surface area contributed by atoms with Crippen LogP contribution in [-0.4, -0.2) is 9.78 Å². The molecule has 0 radical (unpaired) electrons. The monoisotopic (exact) mass is 289 g/mol. The molecular weight excluding hydrogens is 279 g/mol. The molecule has 0 saturated carbocycles. The number of anilines is 1. The van der Waals surface area contributed by atoms with Crippen molar-refractivity contribution in [2.75, 3.05) is 5.73 Å². The van der Waals surface area contributed by atoms with Crippen molar-refractivity contribution in [3.8, 4) is 16.9 Å². The van der Waals surface area contributed by atoms with Gasteiger partial charge in [-0.15, -0.1) is 0 Å². The minimum Gasteiger partial charge on any atom is -0.396 e. The normalized spacial score (nSPS) is 10.8. The number of nitrogens with two attached hydrogens (primary N) is 1. The van der Waals surface area contributed by atoms with Gasteiger partial charge in [0.1, 0.15) is 23.1 Å². The van der Waals surface area contributed by atoms with Crippen LogP contribution in [-0.2, 0) is 0 Å². The lowest BCUT2D eigenvalue weighted by molar-refractivity contribution is 0.602. The van der Waals surface area contributed by atoms with E-state index in [1.54, 1.807) is 6.07 Å². The van der Waals surface area contributed by atoms with Gasteiger partial charge in [0.25, 0.3) is 0 Å². The molecule has 3 nitrogen and oxygen atoms in total. The summed E-state index contributed by atoms with van der Waals surface area (Å²) in [5.41, 5.74) is 6.48. The minimum absolute atomic E-state index is 0.0392. The maximum Gasteiger partial charge on any atom is 0.132 e. The largest absolute Gasteiger partial charge is 0.396 e. The van der Waals surface area contributed by atoms with Gasteiger partial charge < -0.3 is 5.73 Å². The van der Waals surface area contributed by atoms with E-state index in [0.29, 0.717) is 5.69 Å². The van der Waals surface area contributed by atoms with Crippen LogP contribution in [0.3, 0.4) is 0 Å². The molecule has 0 spiro atoms. The van der Waals surface area contributed by atoms with E-state index in [-0.39, 0.29) is 16.9 Å². The molecule has 0 bridgehead atoms. The third kappa shape index (κ3) is 2.47. The van der Waals surface area contributed by atoms with Crippen molar-refractivity contribution in [1.29, 1.82) is 0 Å². The zero-order valence-electron chi connectivity index (χ0n) is 10.7. The van der Waals surface area contributed by atoms with E-state index in [0.717, 1.165) is 18.2 Å². The highest BCUT2D eigenvalue weighted by Gasteiger charge is 2.14. The van der Waals surface area contributed by atoms with Crippen LogP contribution in [0.5, 0.6) is 0 Å². The van der Waals surface area contributed by atoms with Gasteiger partial charge in [0, 0.05) is 5.56 Å². The van der Waals surface area contributed by atoms with Crippen molar-refractivity contribution < 1.29 is 13.2 Å². The maximum atomic E-state index is 13.8. The van der Waals surface area contributed by atoms with Crippen LogP contribution < -0.4 is 5.73 Å². The molecule has 3 rings (SSSR count). The predicted molar refractivity (Wildman–Crippen MR) is 73.3 cm³/mol. The molecule has 0 amide bonds. The number of hydrogen-bond donors (Lipinski definition) is 1. The topological polar surface area (TPSA) is 43.8 Å². The van der Waals surface area contributed by atoms with Gasteiger partial charge in [-0.25, -0.2) is 17.9 Å². The van der Waals surface area contributed by atoms with Crippen molar-refractivity contribution in [3.63, 3.8) is 0 Å². The minimum atomic E-state index is -0.632. The predicted octanol–water partition coefficient (Wildman–Crippen LogP) is 3.54. The Hall–Kier alpha value is -2.76. The van der Waals surface area contributed by atoms with Crippen molar-refractivity contribution in [1.82, 2.24) is 9.78 Å². The van der Waals surface area contributed by atoms with E-state index >= 15 is 0 Å². The molecule has 0 unspecified atom stereocenters. The van der Waals surface area contributed by atoms with Crippen molar-refractivity contribution in [2.24, 2.45) is 0 Å². The van der Waals surface area contributed by atoms with Gasteiger partial charge >= 0.3 is 0 Å². The van der Waals surface area contributed by atoms with Gasteiger partial charge in [-0.3, -0.25) is 0 Å². The number of nitrogen functional groups attached to an aromatic ring is 1. The molecule has 0 atom stereocenters. The van der Waals surface area contributed by atoms with Crippen LogP contribution in [0, 0.1) is 17.5 Å². The first-order chi connectivity index (χ1) is 10.0. The number of rotatable bonds is 2. The fraction of sp³-hybridized carbons (Fsp3) is 0. The smallest absolute Gasteiger partial charge is 0.132 e. The summed E-state index contributed by atoms with van der Waals surface area (Å²) in [6, 6.07) is 8.74. The second kappa shape index (κ2) is 4.97. The third-order valence-electron chi connectivity index (χ3n) is 3.00. The molecule has 0 saturated heterocycles. The first-order valence-electron chi connectivity index (χ1n) is 6.11. The molecule has 3 aromatic rings. The van der Waals surface area contributed by atoms with Gasteiger partial charge in [-0.05, 0) is 36.4 Å². The molecule has 1 aromatic heterocycles. The van der Waals surface area contributed by atoms with E-state index in [9.17, 15) is 13.2 Å². The number of aromatic nitrogens is 2. The molecule has 21 heavy (non-hydrogen) atoms. The van der Waals surface area contributed by atoms with Crippen LogP contribution >= 0.6 is 0 Å². The average Bonchev–Trinajstić information content (AvgIpc) is 2.83. The lowest BCUT2D eigenvalue weighted by Crippen LogP contribution is -1.96. The molecule has 0 aliphatic rings. The van der Waals surface area contributed by atoms with Crippen LogP contribution in [0.15, 0.2) is 48.7 Å². The molecule has 2 aromatic carbocycles. The van der Waals surface area contributed by atoms with E-state index in [1.165, 1.54) is 29.1 Å². The van der Waals surface area contributed by atoms with Crippen molar-refractivity contribution in [3.05, 3.63) is 66.1 Å². The zero-order valence-corrected chi connectivity index (χ0v) is 10.7. The Morgan fingerprint density at radius 2 is 1.71 bits per heavy atom. The van der Waals surface area contributed by atoms with Gasteiger partial charge in [0.2, 0.25) is 0 Å². The highest BCUT2D eigenvalue weighted by Crippen LogP contribution is 2.28. The molecule has 0 fully saturated rings. The fourth-order valence-electron chi connectivity index (χ4n) is 2.03. The van der Waals surface area contributed by atoms with E-state index in [2.05, 4.69) is 5.10 Å². The number of hydrogen-bond acceptors (Lipinski definition) is 2. The van der Waals surface area contributed by atoms with Gasteiger partial charge in [-0.1, -0.05) is 6.07 Å². The summed E-state index contributed by atoms with van der Waals surface area (Å²) in [5.74, 6) is -1.65. The van der Waals surface area contributed by atoms with E-state index < -0.39 is 17.5 Å². The van der Waals surface area contributed by atoms with Crippen LogP contribution in [0.1, 0.15) is 0 Å². The van der Waals surface area contributed by atoms with Crippen molar-refractivity contribution >= 4 is 5.69 Å². The number of nitrogens with zero attached hydrogens (tertiary/aromatic N) is 2. The second-order valence-corrected chi connectivity index (χ2v) is 4.48. The van der Waals surface area contributed by atoms with Gasteiger partial charge in [-0.2, -0.15) is 5.10 Å². The van der Waals surface area contributed by atoms with Gasteiger partial charge in [0.05, 0.1) is 17.6 Å². The quantitative estimate of drug-likeness (QED) is 0.784. The molecule has 106 valence electrons. The third-order valence-corrected chi connectivity index (χ3v) is 3.00. The summed E-state index contributed by atoms with van der Waals surface area (Å²) >= 11 is 0. The lowest BCUT2D eigenvalue weighted by Gasteiger charge is -2.02. The highest BCUT2D eigenvalue weighted by atomic mass is 19.1. The van der Waals surface area contributed by atoms with Crippen molar-refractivity contribution in [2.45, 2.75) is 0 Å². The summed E-state index contributed by atoms with van der Waals surface area (Å²) in [7, 11) is 0. The van der Waals surface area contributed by atoms with Crippen LogP contribution in [0.25, 0.3) is 16.9 Å². The molecule has 1 heterocycles. The Morgan fingerprint density at radius 1 is 0.952 bits per heavy atom. The summed E-state index contributed by atoms with van der Waals surface area (Å²) in [5, 5.41) is 4.11. The molecule has 6 heteroatoms. The van der Waals surface area contributed by atoms with Crippen LogP contribution in [0.2, 0.25) is 0 Å². The Bertz CT molecular complexity index is 812. The van der Waals surface area contributed by atoms with E-state index in [1.807, 2.05) is 0 Å². The fourth-order valence-corrected chi connectivity index (χ4v) is 2.03. The Morgan fingerprint density at radius 3 is 2.48 bits per heavy atom. The maximum absolute atomic E-state index is 13.8. The average molecular weight is 289 g/mol. The summed E-state index contributed by atoms with van der Waals surface area (Å²) < 4.78 is 41.6. The zero-order chi connectivity index (χ0) is 15.0. The summed E-state index contributed by atoms with van der Waals surface area (Å²) in [4.78, 5) is 0.